The Morgan fingerprint density at radius 1 is 1.21 bits per heavy atom. The summed E-state index contributed by atoms with van der Waals surface area (Å²) in [5.74, 6) is 1.45. The summed E-state index contributed by atoms with van der Waals surface area (Å²) in [6.45, 7) is 0. The normalized spacial score (nSPS) is 39.7. The molecule has 1 N–H and O–H groups in total. The zero-order valence-corrected chi connectivity index (χ0v) is 11.2. The van der Waals surface area contributed by atoms with Crippen LogP contribution in [0.2, 0.25) is 0 Å². The van der Waals surface area contributed by atoms with Gasteiger partial charge in [0.15, 0.2) is 5.69 Å². The molecule has 0 aromatic carbocycles. The molecule has 0 aliphatic heterocycles. The number of rotatable bonds is 2. The van der Waals surface area contributed by atoms with Gasteiger partial charge in [-0.05, 0) is 56.3 Å². The van der Waals surface area contributed by atoms with Crippen molar-refractivity contribution in [3.63, 3.8) is 0 Å². The maximum absolute atomic E-state index is 11.4. The molecule has 0 spiro atoms. The van der Waals surface area contributed by atoms with E-state index in [1.165, 1.54) is 19.3 Å². The summed E-state index contributed by atoms with van der Waals surface area (Å²) in [4.78, 5) is 11.4. The van der Waals surface area contributed by atoms with Crippen LogP contribution in [0, 0.1) is 17.8 Å². The molecule has 0 atom stereocenters. The molecule has 1 aromatic rings. The molecule has 0 saturated heterocycles. The van der Waals surface area contributed by atoms with Crippen LogP contribution in [0.3, 0.4) is 0 Å². The molecule has 4 saturated carbocycles. The first-order valence-electron chi connectivity index (χ1n) is 7.21. The summed E-state index contributed by atoms with van der Waals surface area (Å²) in [5.41, 5.74) is 1.12. The predicted octanol–water partition coefficient (Wildman–Crippen LogP) is 1.98. The number of aromatic nitrogens is 3. The highest BCUT2D eigenvalue weighted by Crippen LogP contribution is 2.60. The minimum Gasteiger partial charge on any atom is -0.476 e. The first-order chi connectivity index (χ1) is 9.07. The minimum absolute atomic E-state index is 0.0424. The maximum atomic E-state index is 11.4. The molecule has 5 rings (SSSR count). The maximum Gasteiger partial charge on any atom is 0.358 e. The monoisotopic (exact) mass is 261 g/mol. The third kappa shape index (κ3) is 1.50. The first-order valence-corrected chi connectivity index (χ1v) is 7.21. The van der Waals surface area contributed by atoms with Gasteiger partial charge in [-0.25, -0.2) is 4.79 Å². The van der Waals surface area contributed by atoms with Crippen molar-refractivity contribution in [1.82, 2.24) is 15.0 Å². The van der Waals surface area contributed by atoms with Gasteiger partial charge in [0.1, 0.15) is 0 Å². The van der Waals surface area contributed by atoms with E-state index >= 15 is 0 Å². The standard InChI is InChI=1S/C14H19N3O2/c1-17-12(11(13(18)19)15-16-17)14-5-8-2-9(6-14)4-10(3-8)7-14/h8-10H,2-7H2,1H3,(H,18,19). The Labute approximate surface area is 112 Å². The molecule has 0 unspecified atom stereocenters. The number of aromatic carboxylic acids is 1. The smallest absolute Gasteiger partial charge is 0.358 e. The van der Waals surface area contributed by atoms with Gasteiger partial charge in [-0.2, -0.15) is 0 Å². The van der Waals surface area contributed by atoms with Crippen LogP contribution >= 0.6 is 0 Å². The number of aryl methyl sites for hydroxylation is 1. The fourth-order valence-electron chi connectivity index (χ4n) is 5.50. The number of carboxylic acid groups (broad SMARTS) is 1. The molecule has 5 nitrogen and oxygen atoms in total. The summed E-state index contributed by atoms with van der Waals surface area (Å²) in [7, 11) is 1.84. The number of carboxylic acids is 1. The van der Waals surface area contributed by atoms with Crippen molar-refractivity contribution in [2.75, 3.05) is 0 Å². The molecule has 4 aliphatic rings. The van der Waals surface area contributed by atoms with E-state index in [9.17, 15) is 9.90 Å². The second-order valence-corrected chi connectivity index (χ2v) is 6.91. The Kier molecular flexibility index (Phi) is 2.16. The van der Waals surface area contributed by atoms with Gasteiger partial charge < -0.3 is 5.11 Å². The molecular formula is C14H19N3O2. The molecule has 102 valence electrons. The van der Waals surface area contributed by atoms with Crippen molar-refractivity contribution in [3.8, 4) is 0 Å². The van der Waals surface area contributed by atoms with E-state index in [2.05, 4.69) is 10.3 Å². The van der Waals surface area contributed by atoms with Crippen molar-refractivity contribution in [1.29, 1.82) is 0 Å². The second-order valence-electron chi connectivity index (χ2n) is 6.91. The molecule has 1 aromatic heterocycles. The van der Waals surface area contributed by atoms with E-state index in [0.29, 0.717) is 0 Å². The third-order valence-corrected chi connectivity index (χ3v) is 5.57. The SMILES string of the molecule is Cn1nnc(C(=O)O)c1C12CC3CC(CC(C3)C1)C2. The lowest BCUT2D eigenvalue weighted by Gasteiger charge is -2.56. The average Bonchev–Trinajstić information content (AvgIpc) is 2.70. The third-order valence-electron chi connectivity index (χ3n) is 5.57. The van der Waals surface area contributed by atoms with Gasteiger partial charge in [-0.15, -0.1) is 5.10 Å². The number of hydrogen-bond donors (Lipinski definition) is 1. The largest absolute Gasteiger partial charge is 0.476 e. The van der Waals surface area contributed by atoms with E-state index in [1.807, 2.05) is 7.05 Å². The van der Waals surface area contributed by atoms with Gasteiger partial charge in [0.2, 0.25) is 0 Å². The highest BCUT2D eigenvalue weighted by Gasteiger charge is 2.54. The van der Waals surface area contributed by atoms with Crippen LogP contribution in [0.5, 0.6) is 0 Å². The van der Waals surface area contributed by atoms with Crippen LogP contribution in [0.1, 0.15) is 54.7 Å². The quantitative estimate of drug-likeness (QED) is 0.884. The molecule has 5 heteroatoms. The Hall–Kier alpha value is -1.39. The first kappa shape index (κ1) is 11.4. The molecule has 4 bridgehead atoms. The van der Waals surface area contributed by atoms with Gasteiger partial charge in [-0.3, -0.25) is 4.68 Å². The fourth-order valence-corrected chi connectivity index (χ4v) is 5.50. The zero-order chi connectivity index (χ0) is 13.2. The van der Waals surface area contributed by atoms with Crippen LogP contribution in [-0.4, -0.2) is 26.1 Å². The van der Waals surface area contributed by atoms with E-state index in [-0.39, 0.29) is 11.1 Å². The zero-order valence-electron chi connectivity index (χ0n) is 11.2. The molecule has 0 radical (unpaired) electrons. The van der Waals surface area contributed by atoms with Crippen molar-refractivity contribution in [3.05, 3.63) is 11.4 Å². The lowest BCUT2D eigenvalue weighted by Crippen LogP contribution is -2.49. The Balaban J connectivity index is 1.84. The highest BCUT2D eigenvalue weighted by molar-refractivity contribution is 5.87. The molecular weight excluding hydrogens is 242 g/mol. The van der Waals surface area contributed by atoms with Crippen LogP contribution in [0.4, 0.5) is 0 Å². The van der Waals surface area contributed by atoms with Crippen LogP contribution in [0.15, 0.2) is 0 Å². The van der Waals surface area contributed by atoms with Gasteiger partial charge in [0.05, 0.1) is 5.69 Å². The predicted molar refractivity (Wildman–Crippen MR) is 67.8 cm³/mol. The molecule has 4 aliphatic carbocycles. The topological polar surface area (TPSA) is 68.0 Å². The highest BCUT2D eigenvalue weighted by atomic mass is 16.4. The van der Waals surface area contributed by atoms with Gasteiger partial charge in [0, 0.05) is 12.5 Å². The summed E-state index contributed by atoms with van der Waals surface area (Å²) in [6.07, 6.45) is 7.48. The summed E-state index contributed by atoms with van der Waals surface area (Å²) >= 11 is 0. The summed E-state index contributed by atoms with van der Waals surface area (Å²) < 4.78 is 1.72. The van der Waals surface area contributed by atoms with Gasteiger partial charge >= 0.3 is 5.97 Å². The number of carbonyl (C=O) groups is 1. The lowest BCUT2D eigenvalue weighted by atomic mass is 9.48. The summed E-state index contributed by atoms with van der Waals surface area (Å²) in [5, 5.41) is 17.2. The average molecular weight is 261 g/mol. The van der Waals surface area contributed by atoms with E-state index in [4.69, 9.17) is 0 Å². The van der Waals surface area contributed by atoms with Gasteiger partial charge in [0.25, 0.3) is 0 Å². The van der Waals surface area contributed by atoms with E-state index in [0.717, 1.165) is 42.7 Å². The van der Waals surface area contributed by atoms with Crippen LogP contribution in [0.25, 0.3) is 0 Å². The molecule has 0 amide bonds. The second kappa shape index (κ2) is 3.58. The Morgan fingerprint density at radius 3 is 2.21 bits per heavy atom. The number of hydrogen-bond acceptors (Lipinski definition) is 3. The fraction of sp³-hybridized carbons (Fsp3) is 0.786. The Bertz CT molecular complexity index is 514. The molecule has 1 heterocycles. The van der Waals surface area contributed by atoms with Crippen molar-refractivity contribution in [2.24, 2.45) is 24.8 Å². The summed E-state index contributed by atoms with van der Waals surface area (Å²) in [6, 6.07) is 0. The van der Waals surface area contributed by atoms with E-state index < -0.39 is 5.97 Å². The van der Waals surface area contributed by atoms with Crippen molar-refractivity contribution in [2.45, 2.75) is 43.9 Å². The van der Waals surface area contributed by atoms with Crippen LogP contribution < -0.4 is 0 Å². The van der Waals surface area contributed by atoms with Crippen molar-refractivity contribution < 1.29 is 9.90 Å². The van der Waals surface area contributed by atoms with E-state index in [1.54, 1.807) is 4.68 Å². The Morgan fingerprint density at radius 2 is 1.74 bits per heavy atom. The lowest BCUT2D eigenvalue weighted by molar-refractivity contribution is -0.00953. The van der Waals surface area contributed by atoms with Crippen LogP contribution in [-0.2, 0) is 12.5 Å². The molecule has 19 heavy (non-hydrogen) atoms. The molecule has 4 fully saturated rings. The number of nitrogens with zero attached hydrogens (tertiary/aromatic N) is 3. The minimum atomic E-state index is -0.932. The van der Waals surface area contributed by atoms with Gasteiger partial charge in [-0.1, -0.05) is 5.21 Å². The van der Waals surface area contributed by atoms with Crippen molar-refractivity contribution >= 4 is 5.97 Å².